The molecule has 1 N–H and O–H groups in total. The third kappa shape index (κ3) is 3.74. The Labute approximate surface area is 113 Å². The van der Waals surface area contributed by atoms with Gasteiger partial charge < -0.3 is 0 Å². The minimum Gasteiger partial charge on any atom is -0.258 e. The highest BCUT2D eigenvalue weighted by atomic mass is 32.2. The summed E-state index contributed by atoms with van der Waals surface area (Å²) in [6, 6.07) is 2.62. The van der Waals surface area contributed by atoms with Crippen molar-refractivity contribution in [2.45, 2.75) is 45.1 Å². The smallest absolute Gasteiger partial charge is 0.258 e. The van der Waals surface area contributed by atoms with E-state index in [1.807, 2.05) is 0 Å². The molecule has 0 aliphatic rings. The molecule has 0 spiro atoms. The van der Waals surface area contributed by atoms with Crippen LogP contribution in [0, 0.1) is 24.0 Å². The van der Waals surface area contributed by atoms with Gasteiger partial charge in [0.1, 0.15) is 0 Å². The fraction of sp³-hybridized carbons (Fsp3) is 0.500. The van der Waals surface area contributed by atoms with Crippen LogP contribution in [0.25, 0.3) is 0 Å². The topological polar surface area (TPSA) is 89.3 Å². The molecule has 7 heteroatoms. The molecule has 6 nitrogen and oxygen atoms in total. The Morgan fingerprint density at radius 3 is 2.05 bits per heavy atom. The number of rotatable bonds is 3. The van der Waals surface area contributed by atoms with Crippen molar-refractivity contribution in [3.63, 3.8) is 0 Å². The SMILES string of the molecule is Cc1cc([N+](=O)[O-])c(S(=O)(=O)NC(C)(C)C)cc1C. The second-order valence-electron chi connectivity index (χ2n) is 5.52. The van der Waals surface area contributed by atoms with E-state index in [0.29, 0.717) is 11.1 Å². The van der Waals surface area contributed by atoms with E-state index in [-0.39, 0.29) is 4.90 Å². The molecule has 0 aliphatic heterocycles. The van der Waals surface area contributed by atoms with Crippen molar-refractivity contribution in [3.8, 4) is 0 Å². The number of nitrogens with zero attached hydrogens (tertiary/aromatic N) is 1. The van der Waals surface area contributed by atoms with Gasteiger partial charge in [-0.1, -0.05) is 0 Å². The molecule has 0 aromatic heterocycles. The van der Waals surface area contributed by atoms with Crippen LogP contribution in [0.1, 0.15) is 31.9 Å². The Hall–Kier alpha value is -1.47. The summed E-state index contributed by atoms with van der Waals surface area (Å²) in [7, 11) is -3.92. The standard InChI is InChI=1S/C12H18N2O4S/c1-8-6-10(14(15)16)11(7-9(8)2)19(17,18)13-12(3,4)5/h6-7,13H,1-5H3. The Morgan fingerprint density at radius 1 is 1.16 bits per heavy atom. The number of nitro benzene ring substituents is 1. The van der Waals surface area contributed by atoms with Gasteiger partial charge in [0.25, 0.3) is 5.69 Å². The number of benzene rings is 1. The van der Waals surface area contributed by atoms with E-state index >= 15 is 0 Å². The molecular formula is C12H18N2O4S. The summed E-state index contributed by atoms with van der Waals surface area (Å²) in [6.07, 6.45) is 0. The average Bonchev–Trinajstić information content (AvgIpc) is 2.17. The summed E-state index contributed by atoms with van der Waals surface area (Å²) in [5.74, 6) is 0. The molecule has 0 saturated carbocycles. The lowest BCUT2D eigenvalue weighted by Crippen LogP contribution is -2.40. The van der Waals surface area contributed by atoms with E-state index in [2.05, 4.69) is 4.72 Å². The van der Waals surface area contributed by atoms with Gasteiger partial charge in [-0.3, -0.25) is 10.1 Å². The van der Waals surface area contributed by atoms with E-state index in [0.717, 1.165) is 0 Å². The zero-order valence-corrected chi connectivity index (χ0v) is 12.5. The van der Waals surface area contributed by atoms with Crippen LogP contribution in [-0.4, -0.2) is 18.9 Å². The lowest BCUT2D eigenvalue weighted by Gasteiger charge is -2.20. The summed E-state index contributed by atoms with van der Waals surface area (Å²) in [5, 5.41) is 11.0. The van der Waals surface area contributed by atoms with Gasteiger partial charge in [-0.2, -0.15) is 0 Å². The van der Waals surface area contributed by atoms with E-state index < -0.39 is 26.2 Å². The fourth-order valence-electron chi connectivity index (χ4n) is 1.59. The second kappa shape index (κ2) is 4.90. The summed E-state index contributed by atoms with van der Waals surface area (Å²) in [6.45, 7) is 8.46. The minimum absolute atomic E-state index is 0.296. The number of hydrogen-bond donors (Lipinski definition) is 1. The highest BCUT2D eigenvalue weighted by Gasteiger charge is 2.29. The van der Waals surface area contributed by atoms with Crippen LogP contribution >= 0.6 is 0 Å². The van der Waals surface area contributed by atoms with E-state index in [9.17, 15) is 18.5 Å². The summed E-state index contributed by atoms with van der Waals surface area (Å²) in [5.41, 5.74) is 0.270. The first kappa shape index (κ1) is 15.6. The van der Waals surface area contributed by atoms with Gasteiger partial charge in [0, 0.05) is 11.6 Å². The maximum Gasteiger partial charge on any atom is 0.289 e. The highest BCUT2D eigenvalue weighted by molar-refractivity contribution is 7.89. The molecule has 0 bridgehead atoms. The van der Waals surface area contributed by atoms with Crippen LogP contribution in [0.2, 0.25) is 0 Å². The largest absolute Gasteiger partial charge is 0.289 e. The molecule has 0 saturated heterocycles. The van der Waals surface area contributed by atoms with Gasteiger partial charge >= 0.3 is 0 Å². The van der Waals surface area contributed by atoms with Crippen molar-refractivity contribution < 1.29 is 13.3 Å². The number of nitrogens with one attached hydrogen (secondary N) is 1. The van der Waals surface area contributed by atoms with Crippen molar-refractivity contribution in [2.75, 3.05) is 0 Å². The molecule has 0 fully saturated rings. The van der Waals surface area contributed by atoms with E-state index in [1.165, 1.54) is 12.1 Å². The first-order chi connectivity index (χ1) is 8.44. The number of hydrogen-bond acceptors (Lipinski definition) is 4. The van der Waals surface area contributed by atoms with Crippen molar-refractivity contribution in [1.82, 2.24) is 4.72 Å². The Balaban J connectivity index is 3.50. The van der Waals surface area contributed by atoms with Gasteiger partial charge in [0.05, 0.1) is 4.92 Å². The normalized spacial score (nSPS) is 12.5. The van der Waals surface area contributed by atoms with Crippen LogP contribution in [0.15, 0.2) is 17.0 Å². The molecule has 0 heterocycles. The molecule has 19 heavy (non-hydrogen) atoms. The highest BCUT2D eigenvalue weighted by Crippen LogP contribution is 2.27. The first-order valence-electron chi connectivity index (χ1n) is 5.74. The molecule has 1 aromatic rings. The molecule has 0 unspecified atom stereocenters. The van der Waals surface area contributed by atoms with Crippen molar-refractivity contribution >= 4 is 15.7 Å². The summed E-state index contributed by atoms with van der Waals surface area (Å²) < 4.78 is 26.9. The van der Waals surface area contributed by atoms with Crippen LogP contribution in [-0.2, 0) is 10.0 Å². The molecule has 1 aromatic carbocycles. The van der Waals surface area contributed by atoms with E-state index in [4.69, 9.17) is 0 Å². The van der Waals surface area contributed by atoms with Crippen LogP contribution in [0.3, 0.4) is 0 Å². The van der Waals surface area contributed by atoms with Crippen LogP contribution < -0.4 is 4.72 Å². The summed E-state index contributed by atoms with van der Waals surface area (Å²) in [4.78, 5) is 10.0. The van der Waals surface area contributed by atoms with Crippen molar-refractivity contribution in [1.29, 1.82) is 0 Å². The predicted molar refractivity (Wildman–Crippen MR) is 72.6 cm³/mol. The molecular weight excluding hydrogens is 268 g/mol. The minimum atomic E-state index is -3.92. The third-order valence-electron chi connectivity index (χ3n) is 2.50. The molecule has 0 atom stereocenters. The van der Waals surface area contributed by atoms with Gasteiger partial charge in [0.2, 0.25) is 10.0 Å². The fourth-order valence-corrected chi connectivity index (χ4v) is 3.25. The average molecular weight is 286 g/mol. The van der Waals surface area contributed by atoms with Crippen LogP contribution in [0.4, 0.5) is 5.69 Å². The zero-order valence-electron chi connectivity index (χ0n) is 11.6. The monoisotopic (exact) mass is 286 g/mol. The number of aryl methyl sites for hydroxylation is 2. The lowest BCUT2D eigenvalue weighted by molar-refractivity contribution is -0.387. The molecule has 0 aliphatic carbocycles. The van der Waals surface area contributed by atoms with Crippen molar-refractivity contribution in [2.24, 2.45) is 0 Å². The lowest BCUT2D eigenvalue weighted by atomic mass is 10.1. The predicted octanol–water partition coefficient (Wildman–Crippen LogP) is 2.29. The maximum atomic E-state index is 12.2. The third-order valence-corrected chi connectivity index (χ3v) is 4.29. The van der Waals surface area contributed by atoms with Crippen LogP contribution in [0.5, 0.6) is 0 Å². The Bertz CT molecular complexity index is 615. The van der Waals surface area contributed by atoms with Gasteiger partial charge in [-0.25, -0.2) is 13.1 Å². The number of sulfonamides is 1. The second-order valence-corrected chi connectivity index (χ2v) is 7.17. The van der Waals surface area contributed by atoms with Gasteiger partial charge in [-0.15, -0.1) is 0 Å². The zero-order chi connectivity index (χ0) is 15.0. The Morgan fingerprint density at radius 2 is 1.63 bits per heavy atom. The van der Waals surface area contributed by atoms with Gasteiger partial charge in [-0.05, 0) is 51.8 Å². The maximum absolute atomic E-state index is 12.2. The number of nitro groups is 1. The van der Waals surface area contributed by atoms with Gasteiger partial charge in [0.15, 0.2) is 4.90 Å². The first-order valence-corrected chi connectivity index (χ1v) is 7.22. The molecule has 0 radical (unpaired) electrons. The van der Waals surface area contributed by atoms with E-state index in [1.54, 1.807) is 34.6 Å². The Kier molecular flexibility index (Phi) is 4.02. The quantitative estimate of drug-likeness (QED) is 0.682. The molecule has 1 rings (SSSR count). The van der Waals surface area contributed by atoms with Crippen molar-refractivity contribution in [3.05, 3.63) is 33.4 Å². The molecule has 106 valence electrons. The summed E-state index contributed by atoms with van der Waals surface area (Å²) >= 11 is 0. The molecule has 0 amide bonds.